The summed E-state index contributed by atoms with van der Waals surface area (Å²) in [6.07, 6.45) is 2.00. The van der Waals surface area contributed by atoms with Crippen molar-refractivity contribution >= 4 is 5.91 Å². The average molecular weight is 343 g/mol. The third kappa shape index (κ3) is 3.99. The molecule has 0 bridgehead atoms. The predicted octanol–water partition coefficient (Wildman–Crippen LogP) is 1.94. The summed E-state index contributed by atoms with van der Waals surface area (Å²) in [6, 6.07) is 6.70. The van der Waals surface area contributed by atoms with E-state index < -0.39 is 0 Å². The van der Waals surface area contributed by atoms with Crippen molar-refractivity contribution < 1.29 is 14.3 Å². The number of hydrogen-bond donors (Lipinski definition) is 1. The summed E-state index contributed by atoms with van der Waals surface area (Å²) in [7, 11) is 4.83. The van der Waals surface area contributed by atoms with Crippen LogP contribution in [0.15, 0.2) is 29.1 Å². The van der Waals surface area contributed by atoms with Crippen LogP contribution in [0.25, 0.3) is 0 Å². The summed E-state index contributed by atoms with van der Waals surface area (Å²) < 4.78 is 10.5. The van der Waals surface area contributed by atoms with Crippen molar-refractivity contribution in [2.24, 2.45) is 0 Å². The van der Waals surface area contributed by atoms with Gasteiger partial charge in [-0.25, -0.2) is 4.98 Å². The second kappa shape index (κ2) is 6.96. The number of nitrogens with one attached hydrogen (secondary N) is 1. The summed E-state index contributed by atoms with van der Waals surface area (Å²) in [5.41, 5.74) is 0.735. The number of H-pyrrole nitrogens is 1. The molecule has 0 unspecified atom stereocenters. The number of benzene rings is 1. The lowest BCUT2D eigenvalue weighted by atomic mass is 10.2. The lowest BCUT2D eigenvalue weighted by Crippen LogP contribution is -2.29. The number of aromatic amines is 1. The second-order valence-electron chi connectivity index (χ2n) is 6.17. The predicted molar refractivity (Wildman–Crippen MR) is 92.2 cm³/mol. The van der Waals surface area contributed by atoms with Gasteiger partial charge in [0, 0.05) is 31.6 Å². The summed E-state index contributed by atoms with van der Waals surface area (Å²) in [4.78, 5) is 33.0. The van der Waals surface area contributed by atoms with Crippen LogP contribution >= 0.6 is 0 Å². The number of carbonyl (C=O) groups is 1. The van der Waals surface area contributed by atoms with Gasteiger partial charge in [-0.1, -0.05) is 0 Å². The van der Waals surface area contributed by atoms with E-state index in [9.17, 15) is 9.59 Å². The molecule has 1 aromatic carbocycles. The summed E-state index contributed by atoms with van der Waals surface area (Å²) in [5, 5.41) is 0. The maximum absolute atomic E-state index is 12.7. The fourth-order valence-electron chi connectivity index (χ4n) is 2.64. The van der Waals surface area contributed by atoms with Crippen LogP contribution in [0.2, 0.25) is 0 Å². The number of methoxy groups -OCH3 is 2. The molecule has 1 heterocycles. The summed E-state index contributed by atoms with van der Waals surface area (Å²) in [6.45, 7) is 0.347. The number of amides is 1. The molecular formula is C18H21N3O4. The number of rotatable bonds is 6. The van der Waals surface area contributed by atoms with Crippen molar-refractivity contribution in [3.8, 4) is 11.5 Å². The topological polar surface area (TPSA) is 84.5 Å². The standard InChI is InChI=1S/C18H21N3O4/c1-21(10-11-6-13(24-2)8-14(7-11)25-3)18(23)15-9-16(22)20-17(19-15)12-4-5-12/h6-9,12H,4-5,10H2,1-3H3,(H,19,20,22). The van der Waals surface area contributed by atoms with Gasteiger partial charge in [0.25, 0.3) is 11.5 Å². The number of nitrogens with zero attached hydrogens (tertiary/aromatic N) is 2. The van der Waals surface area contributed by atoms with Crippen LogP contribution in [0, 0.1) is 0 Å². The molecule has 132 valence electrons. The van der Waals surface area contributed by atoms with Gasteiger partial charge in [0.1, 0.15) is 23.0 Å². The summed E-state index contributed by atoms with van der Waals surface area (Å²) in [5.74, 6) is 1.89. The Morgan fingerprint density at radius 2 is 1.84 bits per heavy atom. The molecule has 0 aliphatic heterocycles. The summed E-state index contributed by atoms with van der Waals surface area (Å²) >= 11 is 0. The van der Waals surface area contributed by atoms with Gasteiger partial charge >= 0.3 is 0 Å². The molecule has 1 saturated carbocycles. The molecule has 1 amide bonds. The Hall–Kier alpha value is -2.83. The Balaban J connectivity index is 1.80. The van der Waals surface area contributed by atoms with Gasteiger partial charge < -0.3 is 19.4 Å². The molecule has 1 aliphatic carbocycles. The zero-order chi connectivity index (χ0) is 18.0. The van der Waals surface area contributed by atoms with Crippen LogP contribution in [0.1, 0.15) is 40.6 Å². The van der Waals surface area contributed by atoms with Crippen LogP contribution in [0.5, 0.6) is 11.5 Å². The zero-order valence-electron chi connectivity index (χ0n) is 14.5. The van der Waals surface area contributed by atoms with Crippen molar-refractivity contribution in [2.45, 2.75) is 25.3 Å². The van der Waals surface area contributed by atoms with Crippen molar-refractivity contribution in [1.82, 2.24) is 14.9 Å². The molecule has 1 fully saturated rings. The van der Waals surface area contributed by atoms with Crippen LogP contribution in [-0.4, -0.2) is 42.0 Å². The number of aromatic nitrogens is 2. The van der Waals surface area contributed by atoms with Gasteiger partial charge in [0.2, 0.25) is 0 Å². The molecule has 7 heteroatoms. The minimum Gasteiger partial charge on any atom is -0.497 e. The highest BCUT2D eigenvalue weighted by atomic mass is 16.5. The Morgan fingerprint density at radius 3 is 2.40 bits per heavy atom. The Kier molecular flexibility index (Phi) is 4.74. The molecule has 3 rings (SSSR count). The van der Waals surface area contributed by atoms with E-state index in [1.807, 2.05) is 12.1 Å². The molecule has 0 saturated heterocycles. The number of carbonyl (C=O) groups excluding carboxylic acids is 1. The van der Waals surface area contributed by atoms with Crippen molar-refractivity contribution in [3.05, 3.63) is 51.7 Å². The maximum atomic E-state index is 12.7. The van der Waals surface area contributed by atoms with Crippen molar-refractivity contribution in [3.63, 3.8) is 0 Å². The minimum atomic E-state index is -0.296. The molecule has 1 N–H and O–H groups in total. The molecule has 25 heavy (non-hydrogen) atoms. The molecule has 0 atom stereocenters. The van der Waals surface area contributed by atoms with Crippen molar-refractivity contribution in [1.29, 1.82) is 0 Å². The van der Waals surface area contributed by atoms with Crippen LogP contribution in [0.3, 0.4) is 0 Å². The van der Waals surface area contributed by atoms with Gasteiger partial charge in [0.05, 0.1) is 14.2 Å². The molecule has 0 spiro atoms. The SMILES string of the molecule is COc1cc(CN(C)C(=O)c2cc(=O)[nH]c(C3CC3)n2)cc(OC)c1. The molecule has 1 aromatic heterocycles. The first kappa shape index (κ1) is 17.0. The minimum absolute atomic E-state index is 0.169. The first-order chi connectivity index (χ1) is 12.0. The second-order valence-corrected chi connectivity index (χ2v) is 6.17. The molecule has 1 aliphatic rings. The third-order valence-corrected chi connectivity index (χ3v) is 4.12. The van der Waals surface area contributed by atoms with Crippen LogP contribution < -0.4 is 15.0 Å². The Labute approximate surface area is 145 Å². The first-order valence-electron chi connectivity index (χ1n) is 8.09. The third-order valence-electron chi connectivity index (χ3n) is 4.12. The fraction of sp³-hybridized carbons (Fsp3) is 0.389. The highest BCUT2D eigenvalue weighted by Gasteiger charge is 2.27. The van der Waals surface area contributed by atoms with E-state index in [4.69, 9.17) is 9.47 Å². The lowest BCUT2D eigenvalue weighted by Gasteiger charge is -2.18. The van der Waals surface area contributed by atoms with E-state index in [1.54, 1.807) is 27.3 Å². The van der Waals surface area contributed by atoms with Gasteiger partial charge in [-0.2, -0.15) is 0 Å². The average Bonchev–Trinajstić information content (AvgIpc) is 3.45. The van der Waals surface area contributed by atoms with Gasteiger partial charge in [-0.05, 0) is 30.5 Å². The molecule has 0 radical (unpaired) electrons. The van der Waals surface area contributed by atoms with E-state index in [0.29, 0.717) is 23.9 Å². The normalized spacial score (nSPS) is 13.4. The molecule has 7 nitrogen and oxygen atoms in total. The highest BCUT2D eigenvalue weighted by molar-refractivity contribution is 5.92. The van der Waals surface area contributed by atoms with Crippen molar-refractivity contribution in [2.75, 3.05) is 21.3 Å². The Bertz CT molecular complexity index is 820. The maximum Gasteiger partial charge on any atom is 0.272 e. The van der Waals surface area contributed by atoms with E-state index in [1.165, 1.54) is 11.0 Å². The first-order valence-corrected chi connectivity index (χ1v) is 8.09. The van der Waals surface area contributed by atoms with E-state index >= 15 is 0 Å². The number of hydrogen-bond acceptors (Lipinski definition) is 5. The molecular weight excluding hydrogens is 322 g/mol. The fourth-order valence-corrected chi connectivity index (χ4v) is 2.64. The van der Waals surface area contributed by atoms with Crippen LogP contribution in [-0.2, 0) is 6.54 Å². The largest absolute Gasteiger partial charge is 0.497 e. The smallest absolute Gasteiger partial charge is 0.272 e. The molecule has 2 aromatic rings. The van der Waals surface area contributed by atoms with E-state index in [-0.39, 0.29) is 23.1 Å². The van der Waals surface area contributed by atoms with Crippen LogP contribution in [0.4, 0.5) is 0 Å². The zero-order valence-corrected chi connectivity index (χ0v) is 14.5. The Morgan fingerprint density at radius 1 is 1.20 bits per heavy atom. The van der Waals surface area contributed by atoms with E-state index in [0.717, 1.165) is 18.4 Å². The lowest BCUT2D eigenvalue weighted by molar-refractivity contribution is 0.0778. The highest BCUT2D eigenvalue weighted by Crippen LogP contribution is 2.37. The number of ether oxygens (including phenoxy) is 2. The van der Waals surface area contributed by atoms with Gasteiger partial charge in [0.15, 0.2) is 0 Å². The quantitative estimate of drug-likeness (QED) is 0.866. The van der Waals surface area contributed by atoms with Gasteiger partial charge in [-0.15, -0.1) is 0 Å². The van der Waals surface area contributed by atoms with Gasteiger partial charge in [-0.3, -0.25) is 9.59 Å². The monoisotopic (exact) mass is 343 g/mol. The van der Waals surface area contributed by atoms with E-state index in [2.05, 4.69) is 9.97 Å².